The third-order valence-electron chi connectivity index (χ3n) is 3.46. The monoisotopic (exact) mass is 249 g/mol. The van der Waals surface area contributed by atoms with Crippen molar-refractivity contribution in [3.05, 3.63) is 35.4 Å². The molecule has 98 valence electrons. The summed E-state index contributed by atoms with van der Waals surface area (Å²) in [4.78, 5) is 12.2. The maximum Gasteiger partial charge on any atom is 0.197 e. The van der Waals surface area contributed by atoms with Crippen LogP contribution < -0.4 is 5.32 Å². The van der Waals surface area contributed by atoms with E-state index in [9.17, 15) is 15.0 Å². The van der Waals surface area contributed by atoms with Gasteiger partial charge in [-0.2, -0.15) is 0 Å². The predicted octanol–water partition coefficient (Wildman–Crippen LogP) is 1.04. The standard InChI is InChI=1S/C14H19NO3/c1-2-8-15-9-7-14(18)12(16)10-5-3-4-6-11(10)13(14)17/h3-6,12,15-16,18H,2,7-9H2,1H3. The molecule has 2 unspecified atom stereocenters. The molecule has 0 spiro atoms. The van der Waals surface area contributed by atoms with Gasteiger partial charge in [-0.3, -0.25) is 4.79 Å². The molecule has 3 N–H and O–H groups in total. The quantitative estimate of drug-likeness (QED) is 0.682. The number of ketones is 1. The molecular weight excluding hydrogens is 230 g/mol. The molecule has 1 aliphatic carbocycles. The zero-order chi connectivity index (χ0) is 13.2. The number of benzene rings is 1. The molecule has 0 fully saturated rings. The number of hydrogen-bond acceptors (Lipinski definition) is 4. The van der Waals surface area contributed by atoms with Gasteiger partial charge in [-0.05, 0) is 31.5 Å². The van der Waals surface area contributed by atoms with Crippen molar-refractivity contribution < 1.29 is 15.0 Å². The number of Topliss-reactive ketones (excluding diaryl/α,β-unsaturated/α-hetero) is 1. The number of fused-ring (bicyclic) bond motifs is 1. The zero-order valence-corrected chi connectivity index (χ0v) is 10.5. The van der Waals surface area contributed by atoms with Crippen molar-refractivity contribution >= 4 is 5.78 Å². The van der Waals surface area contributed by atoms with Gasteiger partial charge in [0.2, 0.25) is 0 Å². The minimum atomic E-state index is -1.68. The number of aliphatic hydroxyl groups excluding tert-OH is 1. The summed E-state index contributed by atoms with van der Waals surface area (Å²) in [6.07, 6.45) is 0.0984. The SMILES string of the molecule is CCCNCCC1(O)C(=O)c2ccccc2C1O. The highest BCUT2D eigenvalue weighted by Crippen LogP contribution is 2.40. The molecule has 4 nitrogen and oxygen atoms in total. The Morgan fingerprint density at radius 3 is 2.72 bits per heavy atom. The highest BCUT2D eigenvalue weighted by atomic mass is 16.4. The van der Waals surface area contributed by atoms with Crippen molar-refractivity contribution in [2.24, 2.45) is 0 Å². The van der Waals surface area contributed by atoms with Crippen LogP contribution in [0.15, 0.2) is 24.3 Å². The van der Waals surface area contributed by atoms with E-state index in [1.807, 2.05) is 6.92 Å². The summed E-state index contributed by atoms with van der Waals surface area (Å²) in [5, 5.41) is 23.7. The Labute approximate surface area is 107 Å². The summed E-state index contributed by atoms with van der Waals surface area (Å²) in [5.74, 6) is -0.371. The molecule has 2 rings (SSSR count). The molecule has 0 amide bonds. The summed E-state index contributed by atoms with van der Waals surface area (Å²) in [6, 6.07) is 6.84. The maximum atomic E-state index is 12.2. The van der Waals surface area contributed by atoms with E-state index >= 15 is 0 Å². The van der Waals surface area contributed by atoms with Crippen LogP contribution in [0.3, 0.4) is 0 Å². The van der Waals surface area contributed by atoms with Gasteiger partial charge in [0.1, 0.15) is 6.10 Å². The van der Waals surface area contributed by atoms with E-state index in [1.54, 1.807) is 24.3 Å². The lowest BCUT2D eigenvalue weighted by atomic mass is 9.92. The fourth-order valence-corrected chi connectivity index (χ4v) is 2.39. The first-order valence-corrected chi connectivity index (χ1v) is 6.36. The molecule has 2 atom stereocenters. The van der Waals surface area contributed by atoms with E-state index in [0.717, 1.165) is 13.0 Å². The Hall–Kier alpha value is -1.23. The van der Waals surface area contributed by atoms with Gasteiger partial charge in [0.15, 0.2) is 11.4 Å². The third-order valence-corrected chi connectivity index (χ3v) is 3.46. The van der Waals surface area contributed by atoms with Crippen LogP contribution in [0.5, 0.6) is 0 Å². The van der Waals surface area contributed by atoms with Crippen molar-refractivity contribution in [1.82, 2.24) is 5.32 Å². The van der Waals surface area contributed by atoms with Crippen LogP contribution in [0.25, 0.3) is 0 Å². The molecule has 0 saturated carbocycles. The average Bonchev–Trinajstić information content (AvgIpc) is 2.59. The second-order valence-electron chi connectivity index (χ2n) is 4.74. The Bertz CT molecular complexity index is 446. The summed E-state index contributed by atoms with van der Waals surface area (Å²) in [5.41, 5.74) is -0.715. The normalized spacial score (nSPS) is 26.4. The minimum absolute atomic E-state index is 0.224. The molecule has 0 aliphatic heterocycles. The van der Waals surface area contributed by atoms with Crippen molar-refractivity contribution in [2.75, 3.05) is 13.1 Å². The molecule has 1 aliphatic rings. The number of carbonyl (C=O) groups is 1. The van der Waals surface area contributed by atoms with Gasteiger partial charge >= 0.3 is 0 Å². The van der Waals surface area contributed by atoms with E-state index < -0.39 is 11.7 Å². The smallest absolute Gasteiger partial charge is 0.197 e. The van der Waals surface area contributed by atoms with Crippen LogP contribution in [0.2, 0.25) is 0 Å². The van der Waals surface area contributed by atoms with Gasteiger partial charge in [0.25, 0.3) is 0 Å². The summed E-state index contributed by atoms with van der Waals surface area (Å²) in [6.45, 7) is 3.40. The first kappa shape index (κ1) is 13.2. The first-order chi connectivity index (χ1) is 8.61. The average molecular weight is 249 g/mol. The molecule has 0 radical (unpaired) electrons. The molecule has 0 saturated heterocycles. The topological polar surface area (TPSA) is 69.6 Å². The lowest BCUT2D eigenvalue weighted by Crippen LogP contribution is -2.42. The number of hydrogen-bond donors (Lipinski definition) is 3. The van der Waals surface area contributed by atoms with Crippen molar-refractivity contribution in [2.45, 2.75) is 31.5 Å². The number of carbonyl (C=O) groups excluding carboxylic acids is 1. The highest BCUT2D eigenvalue weighted by molar-refractivity contribution is 6.07. The van der Waals surface area contributed by atoms with E-state index in [2.05, 4.69) is 5.32 Å². The van der Waals surface area contributed by atoms with E-state index in [-0.39, 0.29) is 12.2 Å². The van der Waals surface area contributed by atoms with E-state index in [0.29, 0.717) is 17.7 Å². The van der Waals surface area contributed by atoms with E-state index in [4.69, 9.17) is 0 Å². The molecule has 0 aromatic heterocycles. The fraction of sp³-hybridized carbons (Fsp3) is 0.500. The number of aliphatic hydroxyl groups is 2. The number of nitrogens with one attached hydrogen (secondary N) is 1. The van der Waals surface area contributed by atoms with Gasteiger partial charge in [0.05, 0.1) is 0 Å². The van der Waals surface area contributed by atoms with Gasteiger partial charge in [-0.15, -0.1) is 0 Å². The molecule has 0 heterocycles. The van der Waals surface area contributed by atoms with Crippen LogP contribution in [0, 0.1) is 0 Å². The molecular formula is C14H19NO3. The lowest BCUT2D eigenvalue weighted by Gasteiger charge is -2.25. The summed E-state index contributed by atoms with van der Waals surface area (Å²) >= 11 is 0. The maximum absolute atomic E-state index is 12.2. The highest BCUT2D eigenvalue weighted by Gasteiger charge is 2.50. The zero-order valence-electron chi connectivity index (χ0n) is 10.5. The fourth-order valence-electron chi connectivity index (χ4n) is 2.39. The van der Waals surface area contributed by atoms with Crippen LogP contribution in [0.1, 0.15) is 41.8 Å². The summed E-state index contributed by atoms with van der Waals surface area (Å²) in [7, 11) is 0. The number of rotatable bonds is 5. The first-order valence-electron chi connectivity index (χ1n) is 6.36. The van der Waals surface area contributed by atoms with Crippen LogP contribution >= 0.6 is 0 Å². The Morgan fingerprint density at radius 2 is 2.06 bits per heavy atom. The van der Waals surface area contributed by atoms with Crippen LogP contribution in [-0.4, -0.2) is 34.7 Å². The van der Waals surface area contributed by atoms with Crippen LogP contribution in [-0.2, 0) is 0 Å². The van der Waals surface area contributed by atoms with Crippen LogP contribution in [0.4, 0.5) is 0 Å². The van der Waals surface area contributed by atoms with Crippen molar-refractivity contribution in [3.63, 3.8) is 0 Å². The van der Waals surface area contributed by atoms with Gasteiger partial charge in [-0.1, -0.05) is 31.2 Å². The van der Waals surface area contributed by atoms with Gasteiger partial charge in [-0.25, -0.2) is 0 Å². The van der Waals surface area contributed by atoms with Gasteiger partial charge in [0, 0.05) is 5.56 Å². The van der Waals surface area contributed by atoms with Gasteiger partial charge < -0.3 is 15.5 Å². The summed E-state index contributed by atoms with van der Waals surface area (Å²) < 4.78 is 0. The largest absolute Gasteiger partial charge is 0.385 e. The second kappa shape index (κ2) is 5.18. The van der Waals surface area contributed by atoms with E-state index in [1.165, 1.54) is 0 Å². The lowest BCUT2D eigenvalue weighted by molar-refractivity contribution is -0.0481. The molecule has 1 aromatic carbocycles. The predicted molar refractivity (Wildman–Crippen MR) is 68.5 cm³/mol. The Morgan fingerprint density at radius 1 is 1.33 bits per heavy atom. The third kappa shape index (κ3) is 2.07. The minimum Gasteiger partial charge on any atom is -0.385 e. The Balaban J connectivity index is 2.13. The molecule has 1 aromatic rings. The molecule has 0 bridgehead atoms. The molecule has 18 heavy (non-hydrogen) atoms. The Kier molecular flexibility index (Phi) is 3.80. The molecule has 4 heteroatoms. The second-order valence-corrected chi connectivity index (χ2v) is 4.74. The van der Waals surface area contributed by atoms with Crippen molar-refractivity contribution in [1.29, 1.82) is 0 Å². The van der Waals surface area contributed by atoms with Crippen molar-refractivity contribution in [3.8, 4) is 0 Å².